The Labute approximate surface area is 412 Å². The maximum Gasteiger partial charge on any atom is 0.227 e. The fourth-order valence-corrected chi connectivity index (χ4v) is 8.52. The molecule has 0 radical (unpaired) electrons. The number of carbonyl (C=O) groups is 4. The van der Waals surface area contributed by atoms with Crippen molar-refractivity contribution in [1.82, 2.24) is 25.3 Å². The molecule has 4 aliphatic heterocycles. The number of amides is 3. The lowest BCUT2D eigenvalue weighted by Gasteiger charge is -2.25. The molecule has 4 aliphatic rings. The standard InChI is InChI=1S/C26H22N4O3.C26H23N3O5.2C2H6/c31-24-9-7-20-23(10-11-27-26(20)30-24)33-19-6-8-22-17(13-19)12-18(15-32-22)25-28-14-21(29-25)16-4-2-1-3-5-16;30-21(16-4-2-1-3-5-16)14-28-26(32)18-12-17-13-19(6-8-22(17)33-15-18)34-23-10-11-27-25-20(23)7-9-24(31)29-25;2*1-2/h1-6,8,10-11,13-14,18H,7,9,12,15H2,(H,28,29)(H,27,30,31);1-6,8,10-11,13,18H,7,9,12,14-15H2,(H,28,32)(H,27,29,31);2*1-2H3. The van der Waals surface area contributed by atoms with E-state index in [-0.39, 0.29) is 42.6 Å². The van der Waals surface area contributed by atoms with Crippen LogP contribution in [0.4, 0.5) is 11.6 Å². The number of imidazole rings is 1. The number of ether oxygens (including phenoxy) is 4. The Kier molecular flexibility index (Phi) is 16.1. The lowest BCUT2D eigenvalue weighted by molar-refractivity contribution is -0.126. The number of hydrogen-bond donors (Lipinski definition) is 4. The van der Waals surface area contributed by atoms with E-state index in [1.54, 1.807) is 42.7 Å². The molecule has 15 heteroatoms. The van der Waals surface area contributed by atoms with Crippen molar-refractivity contribution in [3.63, 3.8) is 0 Å². The van der Waals surface area contributed by atoms with E-state index in [1.165, 1.54) is 0 Å². The molecule has 15 nitrogen and oxygen atoms in total. The average Bonchev–Trinajstić information content (AvgIpc) is 3.92. The lowest BCUT2D eigenvalue weighted by Crippen LogP contribution is -2.39. The summed E-state index contributed by atoms with van der Waals surface area (Å²) < 4.78 is 24.2. The second-order valence-electron chi connectivity index (χ2n) is 16.6. The number of ketones is 1. The first-order valence-corrected chi connectivity index (χ1v) is 24.2. The van der Waals surface area contributed by atoms with Gasteiger partial charge in [0, 0.05) is 41.9 Å². The monoisotopic (exact) mass is 955 g/mol. The first kappa shape index (κ1) is 49.1. The Bertz CT molecular complexity index is 3000. The van der Waals surface area contributed by atoms with Gasteiger partial charge in [-0.2, -0.15) is 0 Å². The smallest absolute Gasteiger partial charge is 0.227 e. The predicted molar refractivity (Wildman–Crippen MR) is 271 cm³/mol. The minimum absolute atomic E-state index is 0.0162. The number of nitrogens with zero attached hydrogens (tertiary/aromatic N) is 3. The van der Waals surface area contributed by atoms with Crippen LogP contribution in [-0.4, -0.2) is 63.2 Å². The van der Waals surface area contributed by atoms with Crippen molar-refractivity contribution in [2.45, 2.75) is 72.1 Å². The number of Topliss-reactive ketones (excluding diaryl/α,β-unsaturated/α-hetero) is 1. The summed E-state index contributed by atoms with van der Waals surface area (Å²) in [4.78, 5) is 64.9. The molecule has 2 atom stereocenters. The first-order valence-electron chi connectivity index (χ1n) is 24.2. The van der Waals surface area contributed by atoms with E-state index in [4.69, 9.17) is 18.9 Å². The van der Waals surface area contributed by atoms with E-state index in [2.05, 4.69) is 48.0 Å². The summed E-state index contributed by atoms with van der Waals surface area (Å²) in [5.41, 5.74) is 6.40. The van der Waals surface area contributed by atoms with Gasteiger partial charge in [0.05, 0.1) is 36.9 Å². The van der Waals surface area contributed by atoms with Crippen LogP contribution in [0.25, 0.3) is 11.3 Å². The van der Waals surface area contributed by atoms with Gasteiger partial charge in [0.1, 0.15) is 58.6 Å². The number of benzene rings is 4. The topological polar surface area (TPSA) is 196 Å². The fraction of sp³-hybridized carbons (Fsp3) is 0.268. The van der Waals surface area contributed by atoms with E-state index in [9.17, 15) is 19.2 Å². The van der Waals surface area contributed by atoms with Crippen LogP contribution in [0.5, 0.6) is 34.5 Å². The number of rotatable bonds is 10. The number of H-pyrrole nitrogens is 1. The summed E-state index contributed by atoms with van der Waals surface area (Å²) in [5, 5.41) is 8.31. The van der Waals surface area contributed by atoms with E-state index < -0.39 is 5.92 Å². The highest BCUT2D eigenvalue weighted by atomic mass is 16.5. The molecule has 71 heavy (non-hydrogen) atoms. The quantitative estimate of drug-likeness (QED) is 0.0953. The highest BCUT2D eigenvalue weighted by Gasteiger charge is 2.29. The third-order valence-electron chi connectivity index (χ3n) is 12.0. The third kappa shape index (κ3) is 11.9. The number of aromatic nitrogens is 4. The van der Waals surface area contributed by atoms with Crippen LogP contribution in [0.1, 0.15) is 84.9 Å². The van der Waals surface area contributed by atoms with Crippen molar-refractivity contribution < 1.29 is 38.1 Å². The molecule has 0 saturated carbocycles. The van der Waals surface area contributed by atoms with Gasteiger partial charge in [-0.15, -0.1) is 0 Å². The molecular weight excluding hydrogens is 899 g/mol. The van der Waals surface area contributed by atoms with Crippen LogP contribution >= 0.6 is 0 Å². The van der Waals surface area contributed by atoms with Crippen LogP contribution in [0, 0.1) is 5.92 Å². The molecule has 4 aromatic carbocycles. The molecule has 0 aliphatic carbocycles. The Morgan fingerprint density at radius 2 is 1.20 bits per heavy atom. The first-order chi connectivity index (χ1) is 34.8. The Morgan fingerprint density at radius 1 is 0.648 bits per heavy atom. The van der Waals surface area contributed by atoms with Crippen LogP contribution in [-0.2, 0) is 40.1 Å². The van der Waals surface area contributed by atoms with Gasteiger partial charge in [-0.25, -0.2) is 15.0 Å². The fourth-order valence-electron chi connectivity index (χ4n) is 8.52. The maximum absolute atomic E-state index is 12.7. The van der Waals surface area contributed by atoms with Gasteiger partial charge < -0.3 is 39.9 Å². The molecule has 4 N–H and O–H groups in total. The predicted octanol–water partition coefficient (Wildman–Crippen LogP) is 10.2. The molecule has 364 valence electrons. The zero-order valence-corrected chi connectivity index (χ0v) is 40.3. The molecule has 0 spiro atoms. The number of fused-ring (bicyclic) bond motifs is 4. The second-order valence-corrected chi connectivity index (χ2v) is 16.6. The van der Waals surface area contributed by atoms with Crippen molar-refractivity contribution in [2.24, 2.45) is 5.92 Å². The van der Waals surface area contributed by atoms with Crippen molar-refractivity contribution >= 4 is 35.1 Å². The van der Waals surface area contributed by atoms with Gasteiger partial charge in [-0.05, 0) is 90.9 Å². The Hall–Kier alpha value is -8.33. The largest absolute Gasteiger partial charge is 0.493 e. The Balaban J connectivity index is 0.000000178. The van der Waals surface area contributed by atoms with Gasteiger partial charge in [0.25, 0.3) is 0 Å². The van der Waals surface area contributed by atoms with E-state index in [0.29, 0.717) is 78.9 Å². The van der Waals surface area contributed by atoms with Crippen LogP contribution in [0.3, 0.4) is 0 Å². The molecule has 7 heterocycles. The SMILES string of the molecule is CC.CC.O=C1CCc2c(Oc3ccc4c(c3)CC(C(=O)NCC(=O)c3ccccc3)CO4)ccnc2N1.O=C1CCc2c(Oc3ccc4c(c3)CC(c3ncc(-c5ccccc5)[nH]3)CO4)ccnc2N1. The van der Waals surface area contributed by atoms with Crippen molar-refractivity contribution in [3.8, 4) is 45.8 Å². The number of pyridine rings is 2. The van der Waals surface area contributed by atoms with E-state index in [0.717, 1.165) is 57.3 Å². The second kappa shape index (κ2) is 23.3. The summed E-state index contributed by atoms with van der Waals surface area (Å²) in [6.07, 6.45) is 8.40. The molecule has 0 fully saturated rings. The number of nitrogens with one attached hydrogen (secondary N) is 4. The molecule has 0 saturated heterocycles. The Morgan fingerprint density at radius 3 is 1.79 bits per heavy atom. The molecule has 0 bridgehead atoms. The van der Waals surface area contributed by atoms with Gasteiger partial charge in [-0.3, -0.25) is 19.2 Å². The summed E-state index contributed by atoms with van der Waals surface area (Å²) in [6.45, 7) is 8.77. The number of aromatic amines is 1. The zero-order chi connectivity index (χ0) is 49.7. The maximum atomic E-state index is 12.7. The third-order valence-corrected chi connectivity index (χ3v) is 12.0. The highest BCUT2D eigenvalue weighted by Crippen LogP contribution is 2.39. The van der Waals surface area contributed by atoms with Gasteiger partial charge >= 0.3 is 0 Å². The van der Waals surface area contributed by atoms with Crippen molar-refractivity contribution in [3.05, 3.63) is 161 Å². The van der Waals surface area contributed by atoms with Gasteiger partial charge in [0.15, 0.2) is 5.78 Å². The molecular formula is C56H57N7O8. The van der Waals surface area contributed by atoms with Crippen molar-refractivity contribution in [2.75, 3.05) is 30.4 Å². The normalized spacial score (nSPS) is 15.8. The summed E-state index contributed by atoms with van der Waals surface area (Å²) >= 11 is 0. The van der Waals surface area contributed by atoms with Crippen LogP contribution < -0.4 is 34.9 Å². The summed E-state index contributed by atoms with van der Waals surface area (Å²) in [6, 6.07) is 34.0. The van der Waals surface area contributed by atoms with Crippen LogP contribution in [0.15, 0.2) is 128 Å². The van der Waals surface area contributed by atoms with Gasteiger partial charge in [-0.1, -0.05) is 88.4 Å². The summed E-state index contributed by atoms with van der Waals surface area (Å²) in [5.74, 6) is 5.58. The average molecular weight is 956 g/mol. The van der Waals surface area contributed by atoms with E-state index in [1.807, 2.05) is 101 Å². The zero-order valence-electron chi connectivity index (χ0n) is 40.3. The number of anilines is 2. The van der Waals surface area contributed by atoms with Gasteiger partial charge in [0.2, 0.25) is 17.7 Å². The molecule has 3 amide bonds. The van der Waals surface area contributed by atoms with Crippen LogP contribution in [0.2, 0.25) is 0 Å². The van der Waals surface area contributed by atoms with E-state index >= 15 is 0 Å². The molecule has 11 rings (SSSR count). The lowest BCUT2D eigenvalue weighted by atomic mass is 9.95. The highest BCUT2D eigenvalue weighted by molar-refractivity contribution is 5.99. The van der Waals surface area contributed by atoms with Crippen molar-refractivity contribution in [1.29, 1.82) is 0 Å². The summed E-state index contributed by atoms with van der Waals surface area (Å²) in [7, 11) is 0. The minimum Gasteiger partial charge on any atom is -0.493 e. The number of hydrogen-bond acceptors (Lipinski definition) is 11. The molecule has 7 aromatic rings. The molecule has 3 aromatic heterocycles. The number of carbonyl (C=O) groups excluding carboxylic acids is 4. The minimum atomic E-state index is -0.407. The molecule has 2 unspecified atom stereocenters.